The summed E-state index contributed by atoms with van der Waals surface area (Å²) < 4.78 is 0. The fourth-order valence-corrected chi connectivity index (χ4v) is 2.20. The Morgan fingerprint density at radius 3 is 3.29 bits per heavy atom. The van der Waals surface area contributed by atoms with Crippen LogP contribution < -0.4 is 10.6 Å². The van der Waals surface area contributed by atoms with E-state index in [0.29, 0.717) is 11.4 Å². The third-order valence-corrected chi connectivity index (χ3v) is 3.17. The number of piperidine rings is 1. The molecule has 2 heterocycles. The Balaban J connectivity index is 1.79. The summed E-state index contributed by atoms with van der Waals surface area (Å²) in [5.74, 6) is 1.46. The summed E-state index contributed by atoms with van der Waals surface area (Å²) in [6, 6.07) is 5.72. The molecule has 0 aromatic carbocycles. The van der Waals surface area contributed by atoms with Crippen molar-refractivity contribution in [2.75, 3.05) is 25.0 Å². The predicted octanol–water partition coefficient (Wildman–Crippen LogP) is 1.75. The Labute approximate surface area is 102 Å². The zero-order valence-electron chi connectivity index (χ0n) is 9.95. The molecule has 1 aliphatic rings. The highest BCUT2D eigenvalue weighted by Gasteiger charge is 2.12. The summed E-state index contributed by atoms with van der Waals surface area (Å²) in [6.07, 6.45) is 5.43. The molecular formula is C13H18N4. The number of rotatable bonds is 4. The lowest BCUT2D eigenvalue weighted by molar-refractivity contribution is 0.364. The summed E-state index contributed by atoms with van der Waals surface area (Å²) in [7, 11) is 0. The summed E-state index contributed by atoms with van der Waals surface area (Å²) in [5.41, 5.74) is 0.620. The quantitative estimate of drug-likeness (QED) is 0.827. The molecule has 2 N–H and O–H groups in total. The van der Waals surface area contributed by atoms with Gasteiger partial charge in [0.15, 0.2) is 0 Å². The van der Waals surface area contributed by atoms with E-state index in [1.54, 1.807) is 18.3 Å². The number of aromatic nitrogens is 1. The van der Waals surface area contributed by atoms with Gasteiger partial charge in [0.25, 0.3) is 0 Å². The van der Waals surface area contributed by atoms with Crippen LogP contribution in [0.15, 0.2) is 18.3 Å². The minimum absolute atomic E-state index is 0.620. The first-order valence-corrected chi connectivity index (χ1v) is 6.20. The summed E-state index contributed by atoms with van der Waals surface area (Å²) in [5, 5.41) is 15.6. The standard InChI is InChI=1S/C13H18N4/c14-9-12-4-2-7-16-13(12)17-8-5-11-3-1-6-15-10-11/h2,4,7,11,15H,1,3,5-6,8,10H2,(H,16,17). The average molecular weight is 230 g/mol. The number of nitriles is 1. The highest BCUT2D eigenvalue weighted by Crippen LogP contribution is 2.15. The van der Waals surface area contributed by atoms with Gasteiger partial charge in [0, 0.05) is 12.7 Å². The maximum absolute atomic E-state index is 8.93. The van der Waals surface area contributed by atoms with Crippen LogP contribution in [0, 0.1) is 17.2 Å². The van der Waals surface area contributed by atoms with E-state index in [4.69, 9.17) is 5.26 Å². The van der Waals surface area contributed by atoms with Crippen molar-refractivity contribution in [2.45, 2.75) is 19.3 Å². The fourth-order valence-electron chi connectivity index (χ4n) is 2.20. The number of nitrogens with one attached hydrogen (secondary N) is 2. The van der Waals surface area contributed by atoms with Crippen molar-refractivity contribution >= 4 is 5.82 Å². The lowest BCUT2D eigenvalue weighted by atomic mass is 9.96. The van der Waals surface area contributed by atoms with E-state index >= 15 is 0 Å². The van der Waals surface area contributed by atoms with Crippen LogP contribution >= 0.6 is 0 Å². The van der Waals surface area contributed by atoms with Crippen molar-refractivity contribution in [3.8, 4) is 6.07 Å². The van der Waals surface area contributed by atoms with Gasteiger partial charge in [0.1, 0.15) is 11.9 Å². The Morgan fingerprint density at radius 1 is 1.59 bits per heavy atom. The zero-order chi connectivity index (χ0) is 11.9. The van der Waals surface area contributed by atoms with E-state index in [1.807, 2.05) is 0 Å². The zero-order valence-corrected chi connectivity index (χ0v) is 9.95. The van der Waals surface area contributed by atoms with Gasteiger partial charge < -0.3 is 10.6 Å². The van der Waals surface area contributed by atoms with Gasteiger partial charge in [-0.2, -0.15) is 5.26 Å². The first kappa shape index (κ1) is 11.9. The second-order valence-corrected chi connectivity index (χ2v) is 4.44. The average Bonchev–Trinajstić information content (AvgIpc) is 2.40. The normalized spacial score (nSPS) is 19.6. The molecule has 1 unspecified atom stereocenters. The number of nitrogens with zero attached hydrogens (tertiary/aromatic N) is 2. The molecule has 1 aliphatic heterocycles. The molecule has 90 valence electrons. The molecule has 1 saturated heterocycles. The number of pyridine rings is 1. The van der Waals surface area contributed by atoms with E-state index in [9.17, 15) is 0 Å². The minimum atomic E-state index is 0.620. The Bertz CT molecular complexity index is 391. The molecule has 2 rings (SSSR count). The van der Waals surface area contributed by atoms with Crippen molar-refractivity contribution in [2.24, 2.45) is 5.92 Å². The molecule has 0 saturated carbocycles. The highest BCUT2D eigenvalue weighted by molar-refractivity contribution is 5.50. The van der Waals surface area contributed by atoms with E-state index in [2.05, 4.69) is 21.7 Å². The number of hydrogen-bond acceptors (Lipinski definition) is 4. The molecule has 0 spiro atoms. The Hall–Kier alpha value is -1.60. The van der Waals surface area contributed by atoms with Gasteiger partial charge in [-0.05, 0) is 50.4 Å². The first-order chi connectivity index (χ1) is 8.40. The maximum Gasteiger partial charge on any atom is 0.143 e. The van der Waals surface area contributed by atoms with Gasteiger partial charge in [-0.3, -0.25) is 0 Å². The van der Waals surface area contributed by atoms with Crippen LogP contribution in [0.2, 0.25) is 0 Å². The number of hydrogen-bond donors (Lipinski definition) is 2. The summed E-state index contributed by atoms with van der Waals surface area (Å²) in [4.78, 5) is 4.18. The molecule has 4 nitrogen and oxygen atoms in total. The van der Waals surface area contributed by atoms with Crippen LogP contribution in [-0.4, -0.2) is 24.6 Å². The van der Waals surface area contributed by atoms with Gasteiger partial charge in [-0.1, -0.05) is 0 Å². The second-order valence-electron chi connectivity index (χ2n) is 4.44. The summed E-state index contributed by atoms with van der Waals surface area (Å²) in [6.45, 7) is 3.16. The van der Waals surface area contributed by atoms with Crippen LogP contribution in [0.3, 0.4) is 0 Å². The van der Waals surface area contributed by atoms with Crippen molar-refractivity contribution < 1.29 is 0 Å². The van der Waals surface area contributed by atoms with Crippen LogP contribution in [0.25, 0.3) is 0 Å². The molecule has 1 aromatic rings. The van der Waals surface area contributed by atoms with E-state index in [0.717, 1.165) is 32.0 Å². The van der Waals surface area contributed by atoms with Gasteiger partial charge in [-0.25, -0.2) is 4.98 Å². The number of anilines is 1. The second kappa shape index (κ2) is 6.21. The van der Waals surface area contributed by atoms with Crippen LogP contribution in [0.1, 0.15) is 24.8 Å². The molecule has 4 heteroatoms. The molecule has 0 bridgehead atoms. The van der Waals surface area contributed by atoms with Gasteiger partial charge >= 0.3 is 0 Å². The Morgan fingerprint density at radius 2 is 2.53 bits per heavy atom. The minimum Gasteiger partial charge on any atom is -0.369 e. The molecule has 0 aliphatic carbocycles. The van der Waals surface area contributed by atoms with Crippen molar-refractivity contribution in [3.63, 3.8) is 0 Å². The van der Waals surface area contributed by atoms with Crippen molar-refractivity contribution in [3.05, 3.63) is 23.9 Å². The molecule has 0 radical (unpaired) electrons. The van der Waals surface area contributed by atoms with Gasteiger partial charge in [0.05, 0.1) is 5.56 Å². The highest BCUT2D eigenvalue weighted by atomic mass is 15.0. The predicted molar refractivity (Wildman–Crippen MR) is 67.7 cm³/mol. The molecule has 1 atom stereocenters. The van der Waals surface area contributed by atoms with E-state index in [-0.39, 0.29) is 0 Å². The lowest BCUT2D eigenvalue weighted by Crippen LogP contribution is -2.30. The SMILES string of the molecule is N#Cc1cccnc1NCCC1CCCNC1. The van der Waals surface area contributed by atoms with Gasteiger partial charge in [-0.15, -0.1) is 0 Å². The maximum atomic E-state index is 8.93. The first-order valence-electron chi connectivity index (χ1n) is 6.20. The molecule has 1 fully saturated rings. The Kier molecular flexibility index (Phi) is 4.34. The van der Waals surface area contributed by atoms with Crippen LogP contribution in [-0.2, 0) is 0 Å². The van der Waals surface area contributed by atoms with E-state index in [1.165, 1.54) is 12.8 Å². The molecule has 17 heavy (non-hydrogen) atoms. The van der Waals surface area contributed by atoms with Crippen LogP contribution in [0.5, 0.6) is 0 Å². The van der Waals surface area contributed by atoms with Crippen molar-refractivity contribution in [1.82, 2.24) is 10.3 Å². The molecular weight excluding hydrogens is 212 g/mol. The van der Waals surface area contributed by atoms with Crippen molar-refractivity contribution in [1.29, 1.82) is 5.26 Å². The van der Waals surface area contributed by atoms with Gasteiger partial charge in [0.2, 0.25) is 0 Å². The molecule has 1 aromatic heterocycles. The topological polar surface area (TPSA) is 60.7 Å². The smallest absolute Gasteiger partial charge is 0.143 e. The lowest BCUT2D eigenvalue weighted by Gasteiger charge is -2.22. The fraction of sp³-hybridized carbons (Fsp3) is 0.538. The largest absolute Gasteiger partial charge is 0.369 e. The third-order valence-electron chi connectivity index (χ3n) is 3.17. The third kappa shape index (κ3) is 3.43. The summed E-state index contributed by atoms with van der Waals surface area (Å²) >= 11 is 0. The van der Waals surface area contributed by atoms with Crippen LogP contribution in [0.4, 0.5) is 5.82 Å². The van der Waals surface area contributed by atoms with E-state index < -0.39 is 0 Å². The molecule has 0 amide bonds. The monoisotopic (exact) mass is 230 g/mol.